The van der Waals surface area contributed by atoms with Crippen molar-refractivity contribution in [2.45, 2.75) is 84.0 Å². The average Bonchev–Trinajstić information content (AvgIpc) is 3.36. The highest BCUT2D eigenvalue weighted by molar-refractivity contribution is 6.28. The number of rotatable bonds is 3. The van der Waals surface area contributed by atoms with E-state index in [0.717, 1.165) is 55.7 Å². The number of carbonyl (C=O) groups excluding carboxylic acids is 1. The van der Waals surface area contributed by atoms with Gasteiger partial charge in [-0.25, -0.2) is 19.4 Å². The molecule has 4 heterocycles. The van der Waals surface area contributed by atoms with Crippen molar-refractivity contribution in [1.82, 2.24) is 24.6 Å². The Morgan fingerprint density at radius 3 is 2.62 bits per heavy atom. The van der Waals surface area contributed by atoms with Crippen LogP contribution in [0.4, 0.5) is 10.6 Å². The molecule has 2 saturated heterocycles. The molecule has 0 spiro atoms. The van der Waals surface area contributed by atoms with Gasteiger partial charge in [-0.1, -0.05) is 6.07 Å². The highest BCUT2D eigenvalue weighted by atomic mass is 35.5. The monoisotopic (exact) mass is 566 g/mol. The lowest BCUT2D eigenvalue weighted by Crippen LogP contribution is -2.50. The van der Waals surface area contributed by atoms with E-state index in [1.165, 1.54) is 28.5 Å². The van der Waals surface area contributed by atoms with Crippen LogP contribution < -0.4 is 4.90 Å². The lowest BCUT2D eigenvalue weighted by molar-refractivity contribution is -0.0366. The number of anilines is 1. The summed E-state index contributed by atoms with van der Waals surface area (Å²) in [7, 11) is 0. The van der Waals surface area contributed by atoms with Crippen LogP contribution in [-0.4, -0.2) is 69.1 Å². The lowest BCUT2D eigenvalue weighted by atomic mass is 9.79. The van der Waals surface area contributed by atoms with Crippen LogP contribution in [0.25, 0.3) is 10.9 Å². The van der Waals surface area contributed by atoms with E-state index in [2.05, 4.69) is 33.6 Å². The molecule has 2 unspecified atom stereocenters. The number of piperazine rings is 1. The number of amides is 1. The highest BCUT2D eigenvalue weighted by Crippen LogP contribution is 2.41. The predicted molar refractivity (Wildman–Crippen MR) is 155 cm³/mol. The van der Waals surface area contributed by atoms with E-state index in [0.29, 0.717) is 32.1 Å². The van der Waals surface area contributed by atoms with Crippen molar-refractivity contribution >= 4 is 34.4 Å². The first kappa shape index (κ1) is 27.3. The zero-order chi connectivity index (χ0) is 28.0. The second-order valence-electron chi connectivity index (χ2n) is 12.3. The van der Waals surface area contributed by atoms with Gasteiger partial charge in [0.05, 0.1) is 17.4 Å². The Kier molecular flexibility index (Phi) is 7.38. The molecule has 2 fully saturated rings. The molecule has 10 heteroatoms. The molecule has 2 aromatic heterocycles. The van der Waals surface area contributed by atoms with E-state index in [1.807, 2.05) is 27.0 Å². The smallest absolute Gasteiger partial charge is 0.410 e. The van der Waals surface area contributed by atoms with Gasteiger partial charge < -0.3 is 19.3 Å². The van der Waals surface area contributed by atoms with Crippen LogP contribution >= 0.6 is 11.6 Å². The summed E-state index contributed by atoms with van der Waals surface area (Å²) >= 11 is 6.50. The predicted octanol–water partition coefficient (Wildman–Crippen LogP) is 5.82. The second kappa shape index (κ2) is 10.8. The normalized spacial score (nSPS) is 21.9. The Bertz CT molecular complexity index is 1400. The molecule has 3 aromatic rings. The minimum atomic E-state index is -0.505. The van der Waals surface area contributed by atoms with Crippen LogP contribution in [0.1, 0.15) is 81.0 Å². The number of halogens is 1. The minimum Gasteiger partial charge on any atom is -0.444 e. The molecule has 214 valence electrons. The average molecular weight is 567 g/mol. The molecule has 2 aliphatic heterocycles. The Labute approximate surface area is 240 Å². The molecule has 40 heavy (non-hydrogen) atoms. The number of aryl methyl sites for hydroxylation is 1. The number of nitrogens with zero attached hydrogens (tertiary/aromatic N) is 6. The highest BCUT2D eigenvalue weighted by Gasteiger charge is 2.32. The van der Waals surface area contributed by atoms with E-state index in [4.69, 9.17) is 31.2 Å². The number of ether oxygens (including phenoxy) is 2. The molecule has 0 bridgehead atoms. The fourth-order valence-corrected chi connectivity index (χ4v) is 6.62. The topological polar surface area (TPSA) is 85.6 Å². The Hall–Kier alpha value is -2.91. The summed E-state index contributed by atoms with van der Waals surface area (Å²) in [5.41, 5.74) is 5.48. The molecule has 2 atom stereocenters. The molecule has 0 radical (unpaired) electrons. The van der Waals surface area contributed by atoms with Crippen molar-refractivity contribution in [2.75, 3.05) is 37.7 Å². The van der Waals surface area contributed by atoms with Crippen molar-refractivity contribution in [1.29, 1.82) is 0 Å². The Morgan fingerprint density at radius 2 is 1.90 bits per heavy atom. The van der Waals surface area contributed by atoms with Gasteiger partial charge in [0, 0.05) is 43.7 Å². The summed E-state index contributed by atoms with van der Waals surface area (Å²) in [6.07, 6.45) is 7.76. The number of benzene rings is 1. The van der Waals surface area contributed by atoms with Gasteiger partial charge in [-0.3, -0.25) is 0 Å². The van der Waals surface area contributed by atoms with E-state index in [9.17, 15) is 4.79 Å². The molecule has 9 nitrogen and oxygen atoms in total. The van der Waals surface area contributed by atoms with Gasteiger partial charge in [0.25, 0.3) is 0 Å². The van der Waals surface area contributed by atoms with Gasteiger partial charge >= 0.3 is 6.09 Å². The zero-order valence-corrected chi connectivity index (χ0v) is 24.7. The SMILES string of the molecule is Cc1ccc2c(cnn2C2CCCCO2)c1C1CCc2c(nc(Cl)nc2N2CCN(C(=O)OC(C)(C)C)CC2)C1. The van der Waals surface area contributed by atoms with Crippen LogP contribution in [0.3, 0.4) is 0 Å². The van der Waals surface area contributed by atoms with E-state index in [1.54, 1.807) is 4.90 Å². The maximum absolute atomic E-state index is 12.6. The van der Waals surface area contributed by atoms with Crippen molar-refractivity contribution < 1.29 is 14.3 Å². The first-order valence-electron chi connectivity index (χ1n) is 14.5. The molecular weight excluding hydrogens is 528 g/mol. The third-order valence-electron chi connectivity index (χ3n) is 8.33. The summed E-state index contributed by atoms with van der Waals surface area (Å²) in [4.78, 5) is 26.0. The van der Waals surface area contributed by atoms with Gasteiger partial charge in [0.1, 0.15) is 11.4 Å². The van der Waals surface area contributed by atoms with E-state index >= 15 is 0 Å². The molecule has 1 amide bonds. The van der Waals surface area contributed by atoms with Crippen molar-refractivity contribution in [3.8, 4) is 0 Å². The van der Waals surface area contributed by atoms with Crippen molar-refractivity contribution in [3.63, 3.8) is 0 Å². The first-order valence-corrected chi connectivity index (χ1v) is 14.9. The largest absolute Gasteiger partial charge is 0.444 e. The quantitative estimate of drug-likeness (QED) is 0.369. The third-order valence-corrected chi connectivity index (χ3v) is 8.50. The van der Waals surface area contributed by atoms with Gasteiger partial charge in [-0.2, -0.15) is 5.10 Å². The summed E-state index contributed by atoms with van der Waals surface area (Å²) in [5.74, 6) is 1.23. The number of aromatic nitrogens is 4. The molecule has 6 rings (SSSR count). The maximum Gasteiger partial charge on any atom is 0.410 e. The maximum atomic E-state index is 12.6. The van der Waals surface area contributed by atoms with Gasteiger partial charge in [-0.05, 0) is 101 Å². The first-order chi connectivity index (χ1) is 19.2. The minimum absolute atomic E-state index is 0.0128. The Balaban J connectivity index is 1.23. The van der Waals surface area contributed by atoms with Crippen LogP contribution in [0.2, 0.25) is 5.28 Å². The number of fused-ring (bicyclic) bond motifs is 2. The van der Waals surface area contributed by atoms with Crippen LogP contribution in [0.15, 0.2) is 18.3 Å². The standard InChI is InChI=1S/C30H39ClN6O3/c1-19-8-11-24-22(18-32-37(24)25-7-5-6-16-39-25)26(19)20-9-10-21-23(17-20)33-28(31)34-27(21)35-12-14-36(15-13-35)29(38)40-30(2,3)4/h8,11,18,20,25H,5-7,9-10,12-17H2,1-4H3. The van der Waals surface area contributed by atoms with Crippen LogP contribution in [0, 0.1) is 6.92 Å². The summed E-state index contributed by atoms with van der Waals surface area (Å²) in [6, 6.07) is 4.40. The third kappa shape index (κ3) is 5.38. The molecule has 0 saturated carbocycles. The van der Waals surface area contributed by atoms with Gasteiger partial charge in [-0.15, -0.1) is 0 Å². The van der Waals surface area contributed by atoms with Gasteiger partial charge in [0.15, 0.2) is 6.23 Å². The Morgan fingerprint density at radius 1 is 1.10 bits per heavy atom. The molecule has 1 aromatic carbocycles. The van der Waals surface area contributed by atoms with Gasteiger partial charge in [0.2, 0.25) is 5.28 Å². The van der Waals surface area contributed by atoms with Crippen molar-refractivity contribution in [3.05, 3.63) is 46.0 Å². The van der Waals surface area contributed by atoms with E-state index in [-0.39, 0.29) is 17.6 Å². The fourth-order valence-electron chi connectivity index (χ4n) is 6.44. The van der Waals surface area contributed by atoms with Crippen LogP contribution in [0.5, 0.6) is 0 Å². The molecular formula is C30H39ClN6O3. The summed E-state index contributed by atoms with van der Waals surface area (Å²) < 4.78 is 13.7. The fraction of sp³-hybridized carbons (Fsp3) is 0.600. The number of carbonyl (C=O) groups is 1. The molecule has 3 aliphatic rings. The van der Waals surface area contributed by atoms with E-state index < -0.39 is 5.60 Å². The second-order valence-corrected chi connectivity index (χ2v) is 12.6. The zero-order valence-electron chi connectivity index (χ0n) is 24.0. The molecule has 1 aliphatic carbocycles. The lowest BCUT2D eigenvalue weighted by Gasteiger charge is -2.38. The summed E-state index contributed by atoms with van der Waals surface area (Å²) in [6.45, 7) is 11.2. The van der Waals surface area contributed by atoms with Crippen LogP contribution in [-0.2, 0) is 22.3 Å². The molecule has 0 N–H and O–H groups in total. The summed E-state index contributed by atoms with van der Waals surface area (Å²) in [5, 5.41) is 6.28. The number of hydrogen-bond donors (Lipinski definition) is 0. The van der Waals surface area contributed by atoms with Crippen molar-refractivity contribution in [2.24, 2.45) is 0 Å². The number of hydrogen-bond acceptors (Lipinski definition) is 7.